The van der Waals surface area contributed by atoms with Gasteiger partial charge in [-0.3, -0.25) is 4.79 Å². The average molecular weight is 282 g/mol. The quantitative estimate of drug-likeness (QED) is 0.895. The summed E-state index contributed by atoms with van der Waals surface area (Å²) in [5.41, 5.74) is 5.77. The zero-order valence-electron chi connectivity index (χ0n) is 11.6. The van der Waals surface area contributed by atoms with Crippen LogP contribution in [0.5, 0.6) is 0 Å². The van der Waals surface area contributed by atoms with Crippen LogP contribution in [0.3, 0.4) is 0 Å². The van der Waals surface area contributed by atoms with Crippen LogP contribution in [-0.2, 0) is 11.3 Å². The minimum absolute atomic E-state index is 0.0188. The van der Waals surface area contributed by atoms with E-state index in [1.54, 1.807) is 0 Å². The molecule has 0 aliphatic heterocycles. The Morgan fingerprint density at radius 3 is 2.90 bits per heavy atom. The fourth-order valence-corrected chi connectivity index (χ4v) is 2.77. The molecule has 3 N–H and O–H groups in total. The van der Waals surface area contributed by atoms with Crippen LogP contribution in [0.1, 0.15) is 38.2 Å². The maximum atomic E-state index is 13.5. The van der Waals surface area contributed by atoms with Gasteiger partial charge >= 0.3 is 0 Å². The number of rotatable bonds is 3. The third-order valence-corrected chi connectivity index (χ3v) is 4.03. The topological polar surface area (TPSA) is 55.1 Å². The van der Waals surface area contributed by atoms with Crippen molar-refractivity contribution in [3.05, 3.63) is 35.4 Å². The lowest BCUT2D eigenvalue weighted by Gasteiger charge is -2.37. The van der Waals surface area contributed by atoms with E-state index in [4.69, 9.17) is 5.73 Å². The molecule has 20 heavy (non-hydrogen) atoms. The van der Waals surface area contributed by atoms with Crippen LogP contribution in [0.2, 0.25) is 0 Å². The van der Waals surface area contributed by atoms with Gasteiger partial charge in [0, 0.05) is 17.6 Å². The molecule has 0 aromatic heterocycles. The lowest BCUT2D eigenvalue weighted by atomic mass is 9.74. The van der Waals surface area contributed by atoms with E-state index in [9.17, 15) is 13.6 Å². The Hall–Kier alpha value is -1.49. The number of hydrogen-bond acceptors (Lipinski definition) is 2. The first-order valence-corrected chi connectivity index (χ1v) is 6.91. The number of hydrogen-bond donors (Lipinski definition) is 2. The molecule has 1 aromatic rings. The van der Waals surface area contributed by atoms with Gasteiger partial charge < -0.3 is 11.1 Å². The molecule has 1 fully saturated rings. The summed E-state index contributed by atoms with van der Waals surface area (Å²) in [5, 5.41) is 2.67. The third-order valence-electron chi connectivity index (χ3n) is 4.03. The minimum Gasteiger partial charge on any atom is -0.352 e. The highest BCUT2D eigenvalue weighted by molar-refractivity contribution is 5.80. The molecule has 1 aromatic carbocycles. The Kier molecular flexibility index (Phi) is 4.38. The van der Waals surface area contributed by atoms with Crippen LogP contribution in [0, 0.1) is 17.6 Å². The summed E-state index contributed by atoms with van der Waals surface area (Å²) in [6, 6.07) is 3.21. The van der Waals surface area contributed by atoms with Gasteiger partial charge in [-0.2, -0.15) is 0 Å². The highest BCUT2D eigenvalue weighted by atomic mass is 19.1. The summed E-state index contributed by atoms with van der Waals surface area (Å²) in [6.45, 7) is 1.86. The second kappa shape index (κ2) is 5.87. The maximum absolute atomic E-state index is 13.5. The van der Waals surface area contributed by atoms with E-state index in [0.29, 0.717) is 0 Å². The van der Waals surface area contributed by atoms with Crippen LogP contribution in [-0.4, -0.2) is 11.4 Å². The Morgan fingerprint density at radius 1 is 1.45 bits per heavy atom. The molecule has 0 radical (unpaired) electrons. The molecule has 1 aliphatic rings. The smallest absolute Gasteiger partial charge is 0.225 e. The molecule has 2 unspecified atom stereocenters. The Labute approximate surface area is 117 Å². The van der Waals surface area contributed by atoms with Crippen LogP contribution in [0.25, 0.3) is 0 Å². The molecule has 0 spiro atoms. The highest BCUT2D eigenvalue weighted by Crippen LogP contribution is 2.31. The summed E-state index contributed by atoms with van der Waals surface area (Å²) in [4.78, 5) is 12.2. The molecule has 2 rings (SSSR count). The van der Waals surface area contributed by atoms with Gasteiger partial charge in [0.2, 0.25) is 5.91 Å². The van der Waals surface area contributed by atoms with E-state index in [-0.39, 0.29) is 23.9 Å². The molecule has 0 saturated heterocycles. The minimum atomic E-state index is -0.525. The predicted molar refractivity (Wildman–Crippen MR) is 72.8 cm³/mol. The van der Waals surface area contributed by atoms with Gasteiger partial charge in [0.05, 0.1) is 5.92 Å². The van der Waals surface area contributed by atoms with Gasteiger partial charge in [-0.05, 0) is 38.0 Å². The van der Waals surface area contributed by atoms with Crippen molar-refractivity contribution in [1.29, 1.82) is 0 Å². The van der Waals surface area contributed by atoms with Gasteiger partial charge in [0.25, 0.3) is 0 Å². The summed E-state index contributed by atoms with van der Waals surface area (Å²) >= 11 is 0. The lowest BCUT2D eigenvalue weighted by molar-refractivity contribution is -0.128. The van der Waals surface area contributed by atoms with Crippen molar-refractivity contribution in [3.63, 3.8) is 0 Å². The van der Waals surface area contributed by atoms with Crippen molar-refractivity contribution < 1.29 is 13.6 Å². The maximum Gasteiger partial charge on any atom is 0.225 e. The van der Waals surface area contributed by atoms with Gasteiger partial charge in [-0.15, -0.1) is 0 Å². The molecular formula is C15H20F2N2O. The van der Waals surface area contributed by atoms with E-state index in [1.165, 1.54) is 0 Å². The Bertz CT molecular complexity index is 503. The Morgan fingerprint density at radius 2 is 2.20 bits per heavy atom. The van der Waals surface area contributed by atoms with Gasteiger partial charge in [-0.1, -0.05) is 12.8 Å². The molecule has 0 heterocycles. The van der Waals surface area contributed by atoms with Gasteiger partial charge in [0.15, 0.2) is 0 Å². The number of carbonyl (C=O) groups is 1. The highest BCUT2D eigenvalue weighted by Gasteiger charge is 2.37. The predicted octanol–water partition coefficient (Wildman–Crippen LogP) is 2.49. The second-order valence-corrected chi connectivity index (χ2v) is 5.76. The number of amides is 1. The van der Waals surface area contributed by atoms with Crippen molar-refractivity contribution in [1.82, 2.24) is 5.32 Å². The number of halogens is 2. The molecule has 2 atom stereocenters. The zero-order chi connectivity index (χ0) is 14.8. The normalized spacial score (nSPS) is 26.3. The number of carbonyl (C=O) groups excluding carboxylic acids is 1. The summed E-state index contributed by atoms with van der Waals surface area (Å²) in [5.74, 6) is -1.49. The van der Waals surface area contributed by atoms with Crippen LogP contribution in [0.15, 0.2) is 18.2 Å². The second-order valence-electron chi connectivity index (χ2n) is 5.76. The summed E-state index contributed by atoms with van der Waals surface area (Å²) < 4.78 is 26.5. The molecule has 3 nitrogen and oxygen atoms in total. The van der Waals surface area contributed by atoms with E-state index in [0.717, 1.165) is 43.9 Å². The first-order valence-electron chi connectivity index (χ1n) is 6.91. The fraction of sp³-hybridized carbons (Fsp3) is 0.533. The molecule has 1 amide bonds. The summed E-state index contributed by atoms with van der Waals surface area (Å²) in [7, 11) is 0. The Balaban J connectivity index is 1.99. The van der Waals surface area contributed by atoms with Crippen molar-refractivity contribution in [3.8, 4) is 0 Å². The van der Waals surface area contributed by atoms with E-state index in [1.807, 2.05) is 6.92 Å². The molecule has 1 saturated carbocycles. The van der Waals surface area contributed by atoms with Crippen LogP contribution in [0.4, 0.5) is 8.78 Å². The van der Waals surface area contributed by atoms with Crippen LogP contribution < -0.4 is 11.1 Å². The molecule has 5 heteroatoms. The zero-order valence-corrected chi connectivity index (χ0v) is 11.6. The van der Waals surface area contributed by atoms with E-state index in [2.05, 4.69) is 5.32 Å². The van der Waals surface area contributed by atoms with Crippen molar-refractivity contribution >= 4 is 5.91 Å². The van der Waals surface area contributed by atoms with E-state index < -0.39 is 17.2 Å². The van der Waals surface area contributed by atoms with Crippen molar-refractivity contribution in [2.75, 3.05) is 0 Å². The number of nitrogens with two attached hydrogens (primary N) is 1. The summed E-state index contributed by atoms with van der Waals surface area (Å²) in [6.07, 6.45) is 3.54. The first kappa shape index (κ1) is 14.9. The standard InChI is InChI=1S/C15H20F2N2O/c1-15(18)7-3-2-4-12(15)14(20)19-9-10-8-11(16)5-6-13(10)17/h5-6,8,12H,2-4,7,9,18H2,1H3,(H,19,20). The average Bonchev–Trinajstić information content (AvgIpc) is 2.39. The number of benzene rings is 1. The fourth-order valence-electron chi connectivity index (χ4n) is 2.77. The first-order chi connectivity index (χ1) is 9.40. The van der Waals surface area contributed by atoms with Crippen molar-refractivity contribution in [2.45, 2.75) is 44.7 Å². The third kappa shape index (κ3) is 3.33. The lowest BCUT2D eigenvalue weighted by Crippen LogP contribution is -2.52. The largest absolute Gasteiger partial charge is 0.352 e. The van der Waals surface area contributed by atoms with Gasteiger partial charge in [-0.25, -0.2) is 8.78 Å². The van der Waals surface area contributed by atoms with Crippen molar-refractivity contribution in [2.24, 2.45) is 11.7 Å². The monoisotopic (exact) mass is 282 g/mol. The molecule has 1 aliphatic carbocycles. The molecular weight excluding hydrogens is 262 g/mol. The van der Waals surface area contributed by atoms with E-state index >= 15 is 0 Å². The number of nitrogens with one attached hydrogen (secondary N) is 1. The van der Waals surface area contributed by atoms with Crippen LogP contribution >= 0.6 is 0 Å². The van der Waals surface area contributed by atoms with Gasteiger partial charge in [0.1, 0.15) is 11.6 Å². The molecule has 0 bridgehead atoms. The molecule has 110 valence electrons. The SMILES string of the molecule is CC1(N)CCCCC1C(=O)NCc1cc(F)ccc1F.